The Balaban J connectivity index is 1.73. The minimum absolute atomic E-state index is 0.0339. The number of pyridine rings is 1. The molecule has 4 aromatic rings. The standard InChI is InChI=1S/C22H13BrF3N5O3/c23-12-8-6-11(7-9-12)13-3-1-5-15-16(13)28-20-29-19(34)21(31(15)20,22(24,25)26)30-18(33)14-4-2-10-27-17(14)32/h1-10H,(H,27,32)(H,30,33)(H,28,29,34). The van der Waals surface area contributed by atoms with Gasteiger partial charge in [-0.3, -0.25) is 24.3 Å². The Bertz CT molecular complexity index is 1530. The van der Waals surface area contributed by atoms with E-state index in [9.17, 15) is 27.6 Å². The number of para-hydroxylation sites is 1. The van der Waals surface area contributed by atoms with Crippen molar-refractivity contribution >= 4 is 44.7 Å². The number of halogens is 4. The van der Waals surface area contributed by atoms with E-state index < -0.39 is 34.8 Å². The Morgan fingerprint density at radius 2 is 1.79 bits per heavy atom. The lowest BCUT2D eigenvalue weighted by atomic mass is 10.0. The molecule has 2 aromatic heterocycles. The summed E-state index contributed by atoms with van der Waals surface area (Å²) in [6.07, 6.45) is -4.05. The molecule has 172 valence electrons. The van der Waals surface area contributed by atoms with Crippen molar-refractivity contribution in [3.8, 4) is 11.1 Å². The highest BCUT2D eigenvalue weighted by Crippen LogP contribution is 2.45. The van der Waals surface area contributed by atoms with Crippen LogP contribution in [0, 0.1) is 0 Å². The van der Waals surface area contributed by atoms with E-state index in [4.69, 9.17) is 0 Å². The van der Waals surface area contributed by atoms with E-state index in [2.05, 4.69) is 31.2 Å². The first kappa shape index (κ1) is 21.9. The molecule has 5 rings (SSSR count). The first-order valence-electron chi connectivity index (χ1n) is 9.80. The maximum absolute atomic E-state index is 14.6. The number of H-pyrrole nitrogens is 1. The van der Waals surface area contributed by atoms with Gasteiger partial charge in [-0.05, 0) is 35.9 Å². The number of hydrogen-bond donors (Lipinski definition) is 3. The lowest BCUT2D eigenvalue weighted by Gasteiger charge is -2.31. The second kappa shape index (κ2) is 7.55. The lowest BCUT2D eigenvalue weighted by Crippen LogP contribution is -2.63. The maximum Gasteiger partial charge on any atom is 0.440 e. The van der Waals surface area contributed by atoms with E-state index in [1.807, 2.05) is 0 Å². The molecule has 34 heavy (non-hydrogen) atoms. The van der Waals surface area contributed by atoms with Crippen LogP contribution in [0.15, 0.2) is 70.1 Å². The molecule has 0 spiro atoms. The summed E-state index contributed by atoms with van der Waals surface area (Å²) in [6.45, 7) is 0. The van der Waals surface area contributed by atoms with Gasteiger partial charge in [-0.15, -0.1) is 0 Å². The fraction of sp³-hybridized carbons (Fsp3) is 0.0909. The van der Waals surface area contributed by atoms with Crippen LogP contribution in [0.25, 0.3) is 22.2 Å². The van der Waals surface area contributed by atoms with Crippen LogP contribution in [0.4, 0.5) is 19.1 Å². The normalized spacial score (nSPS) is 17.5. The number of imidazole rings is 1. The quantitative estimate of drug-likeness (QED) is 0.374. The van der Waals surface area contributed by atoms with Crippen molar-refractivity contribution in [3.63, 3.8) is 0 Å². The first-order valence-corrected chi connectivity index (χ1v) is 10.6. The van der Waals surface area contributed by atoms with Crippen LogP contribution in [0.5, 0.6) is 0 Å². The third kappa shape index (κ3) is 3.13. The molecule has 12 heteroatoms. The third-order valence-electron chi connectivity index (χ3n) is 5.50. The minimum atomic E-state index is -5.28. The van der Waals surface area contributed by atoms with Crippen LogP contribution < -0.4 is 16.2 Å². The molecule has 2 amide bonds. The lowest BCUT2D eigenvalue weighted by molar-refractivity contribution is -0.213. The Hall–Kier alpha value is -3.93. The Kier molecular flexibility index (Phi) is 4.86. The van der Waals surface area contributed by atoms with Crippen LogP contribution >= 0.6 is 15.9 Å². The maximum atomic E-state index is 14.6. The summed E-state index contributed by atoms with van der Waals surface area (Å²) in [5.74, 6) is -3.29. The molecule has 8 nitrogen and oxygen atoms in total. The molecule has 1 atom stereocenters. The van der Waals surface area contributed by atoms with Crippen molar-refractivity contribution in [1.29, 1.82) is 0 Å². The molecular weight excluding hydrogens is 519 g/mol. The number of amides is 2. The smallest absolute Gasteiger partial charge is 0.328 e. The fourth-order valence-corrected chi connectivity index (χ4v) is 4.21. The van der Waals surface area contributed by atoms with Crippen molar-refractivity contribution in [3.05, 3.63) is 81.2 Å². The van der Waals surface area contributed by atoms with Gasteiger partial charge in [0.25, 0.3) is 23.0 Å². The zero-order chi connectivity index (χ0) is 24.3. The molecule has 2 aromatic carbocycles. The summed E-state index contributed by atoms with van der Waals surface area (Å²) in [7, 11) is 0. The van der Waals surface area contributed by atoms with Gasteiger partial charge in [0.1, 0.15) is 5.56 Å². The number of nitrogens with one attached hydrogen (secondary N) is 3. The zero-order valence-electron chi connectivity index (χ0n) is 16.9. The number of alkyl halides is 3. The van der Waals surface area contributed by atoms with E-state index in [0.29, 0.717) is 15.7 Å². The molecule has 0 radical (unpaired) electrons. The number of rotatable bonds is 3. The number of aromatic nitrogens is 3. The van der Waals surface area contributed by atoms with Gasteiger partial charge < -0.3 is 10.3 Å². The molecular formula is C22H13BrF3N5O3. The van der Waals surface area contributed by atoms with E-state index in [0.717, 1.165) is 10.5 Å². The molecule has 0 aliphatic carbocycles. The van der Waals surface area contributed by atoms with E-state index >= 15 is 0 Å². The van der Waals surface area contributed by atoms with E-state index in [-0.39, 0.29) is 17.0 Å². The van der Waals surface area contributed by atoms with Gasteiger partial charge in [0.05, 0.1) is 11.0 Å². The van der Waals surface area contributed by atoms with Crippen LogP contribution in [0.2, 0.25) is 0 Å². The molecule has 0 saturated heterocycles. The van der Waals surface area contributed by atoms with Crippen LogP contribution in [0.3, 0.4) is 0 Å². The van der Waals surface area contributed by atoms with Crippen molar-refractivity contribution in [2.24, 2.45) is 0 Å². The van der Waals surface area contributed by atoms with Crippen molar-refractivity contribution in [2.45, 2.75) is 11.8 Å². The summed E-state index contributed by atoms with van der Waals surface area (Å²) < 4.78 is 45.2. The molecule has 1 aliphatic heterocycles. The van der Waals surface area contributed by atoms with Gasteiger partial charge in [0, 0.05) is 16.2 Å². The number of hydrogen-bond acceptors (Lipinski definition) is 4. The molecule has 1 unspecified atom stereocenters. The highest BCUT2D eigenvalue weighted by molar-refractivity contribution is 9.10. The molecule has 3 N–H and O–H groups in total. The van der Waals surface area contributed by atoms with Crippen LogP contribution in [-0.2, 0) is 10.5 Å². The van der Waals surface area contributed by atoms with Gasteiger partial charge in [-0.25, -0.2) is 4.98 Å². The summed E-state index contributed by atoms with van der Waals surface area (Å²) in [6, 6.07) is 14.0. The molecule has 0 saturated carbocycles. The third-order valence-corrected chi connectivity index (χ3v) is 6.03. The number of carbonyl (C=O) groups excluding carboxylic acids is 2. The minimum Gasteiger partial charge on any atom is -0.328 e. The summed E-state index contributed by atoms with van der Waals surface area (Å²) in [5, 5.41) is 3.89. The predicted octanol–water partition coefficient (Wildman–Crippen LogP) is 3.75. The van der Waals surface area contributed by atoms with Crippen molar-refractivity contribution < 1.29 is 22.8 Å². The van der Waals surface area contributed by atoms with Gasteiger partial charge in [0.15, 0.2) is 0 Å². The average Bonchev–Trinajstić information content (AvgIpc) is 3.28. The first-order chi connectivity index (χ1) is 16.1. The second-order valence-corrected chi connectivity index (χ2v) is 8.40. The molecule has 0 fully saturated rings. The number of anilines is 1. The van der Waals surface area contributed by atoms with Gasteiger partial charge in [0.2, 0.25) is 5.95 Å². The highest BCUT2D eigenvalue weighted by Gasteiger charge is 2.67. The average molecular weight is 532 g/mol. The summed E-state index contributed by atoms with van der Waals surface area (Å²) >= 11 is 3.34. The SMILES string of the molecule is O=C(NC1(C(F)(F)F)C(=O)Nc2nc3c(-c4ccc(Br)cc4)cccc3n21)c1ccc[nH]c1=O. The van der Waals surface area contributed by atoms with Crippen LogP contribution in [-0.4, -0.2) is 32.5 Å². The number of carbonyl (C=O) groups is 2. The number of fused-ring (bicyclic) bond motifs is 3. The fourth-order valence-electron chi connectivity index (χ4n) is 3.95. The highest BCUT2D eigenvalue weighted by atomic mass is 79.9. The van der Waals surface area contributed by atoms with E-state index in [1.54, 1.807) is 35.6 Å². The number of benzene rings is 2. The Labute approximate surface area is 196 Å². The number of nitrogens with zero attached hydrogens (tertiary/aromatic N) is 2. The second-order valence-electron chi connectivity index (χ2n) is 7.48. The zero-order valence-corrected chi connectivity index (χ0v) is 18.5. The molecule has 1 aliphatic rings. The molecule has 3 heterocycles. The van der Waals surface area contributed by atoms with Crippen LogP contribution in [0.1, 0.15) is 10.4 Å². The monoisotopic (exact) mass is 531 g/mol. The molecule has 0 bridgehead atoms. The van der Waals surface area contributed by atoms with Gasteiger partial charge in [-0.2, -0.15) is 13.2 Å². The van der Waals surface area contributed by atoms with Crippen molar-refractivity contribution in [2.75, 3.05) is 5.32 Å². The van der Waals surface area contributed by atoms with E-state index in [1.165, 1.54) is 24.4 Å². The number of aromatic amines is 1. The van der Waals surface area contributed by atoms with Crippen molar-refractivity contribution in [1.82, 2.24) is 19.9 Å². The topological polar surface area (TPSA) is 109 Å². The Morgan fingerprint density at radius 3 is 2.47 bits per heavy atom. The summed E-state index contributed by atoms with van der Waals surface area (Å²) in [5.41, 5.74) is -3.61. The Morgan fingerprint density at radius 1 is 1.06 bits per heavy atom. The summed E-state index contributed by atoms with van der Waals surface area (Å²) in [4.78, 5) is 44.0. The van der Waals surface area contributed by atoms with Gasteiger partial charge in [-0.1, -0.05) is 40.2 Å². The van der Waals surface area contributed by atoms with Gasteiger partial charge >= 0.3 is 6.18 Å². The largest absolute Gasteiger partial charge is 0.440 e. The predicted molar refractivity (Wildman–Crippen MR) is 120 cm³/mol.